The quantitative estimate of drug-likeness (QED) is 0.479. The SMILES string of the molecule is C=N/C(=N\OC)C(O)c1ccc(CC)cc1. The Bertz CT molecular complexity index is 371. The number of hydrogen-bond donors (Lipinski definition) is 1. The van der Waals surface area contributed by atoms with Gasteiger partial charge in [-0.2, -0.15) is 0 Å². The van der Waals surface area contributed by atoms with Gasteiger partial charge in [0.05, 0.1) is 0 Å². The lowest BCUT2D eigenvalue weighted by molar-refractivity contribution is 0.194. The van der Waals surface area contributed by atoms with Gasteiger partial charge in [0, 0.05) is 0 Å². The van der Waals surface area contributed by atoms with Crippen LogP contribution in [0.4, 0.5) is 0 Å². The smallest absolute Gasteiger partial charge is 0.200 e. The molecule has 0 fully saturated rings. The van der Waals surface area contributed by atoms with Crippen LogP contribution in [0, 0.1) is 0 Å². The molecular formula is C12H16N2O2. The van der Waals surface area contributed by atoms with E-state index in [0.717, 1.165) is 12.0 Å². The highest BCUT2D eigenvalue weighted by Gasteiger charge is 2.14. The van der Waals surface area contributed by atoms with E-state index in [9.17, 15) is 5.11 Å². The number of benzene rings is 1. The first-order chi connectivity index (χ1) is 7.72. The standard InChI is InChI=1S/C12H16N2O2/c1-4-9-5-7-10(8-6-9)11(15)12(13-2)14-16-3/h5-8,11,15H,2,4H2,1,3H3/b14-12-. The zero-order valence-electron chi connectivity index (χ0n) is 9.55. The van der Waals surface area contributed by atoms with Crippen LogP contribution in [0.1, 0.15) is 24.2 Å². The number of aliphatic imine (C=N–C) groups is 1. The topological polar surface area (TPSA) is 54.2 Å². The number of oxime groups is 1. The average Bonchev–Trinajstić information content (AvgIpc) is 2.35. The molecule has 0 heterocycles. The van der Waals surface area contributed by atoms with Crippen LogP contribution < -0.4 is 0 Å². The lowest BCUT2D eigenvalue weighted by atomic mass is 10.1. The van der Waals surface area contributed by atoms with E-state index >= 15 is 0 Å². The number of rotatable bonds is 4. The van der Waals surface area contributed by atoms with Gasteiger partial charge in [-0.3, -0.25) is 0 Å². The predicted molar refractivity (Wildman–Crippen MR) is 64.8 cm³/mol. The molecule has 4 heteroatoms. The fourth-order valence-corrected chi connectivity index (χ4v) is 1.34. The molecule has 4 nitrogen and oxygen atoms in total. The van der Waals surface area contributed by atoms with Gasteiger partial charge < -0.3 is 9.94 Å². The number of hydrogen-bond acceptors (Lipinski definition) is 3. The van der Waals surface area contributed by atoms with Gasteiger partial charge in [0.2, 0.25) is 5.84 Å². The largest absolute Gasteiger partial charge is 0.398 e. The number of aliphatic hydroxyl groups is 1. The van der Waals surface area contributed by atoms with Crippen molar-refractivity contribution in [3.05, 3.63) is 35.4 Å². The first-order valence-corrected chi connectivity index (χ1v) is 5.07. The second-order valence-electron chi connectivity index (χ2n) is 3.29. The molecule has 0 radical (unpaired) electrons. The molecule has 0 saturated heterocycles. The minimum absolute atomic E-state index is 0.159. The van der Waals surface area contributed by atoms with Gasteiger partial charge in [-0.05, 0) is 24.3 Å². The summed E-state index contributed by atoms with van der Waals surface area (Å²) in [5.41, 5.74) is 1.94. The van der Waals surface area contributed by atoms with Crippen molar-refractivity contribution in [1.82, 2.24) is 0 Å². The van der Waals surface area contributed by atoms with Crippen molar-refractivity contribution in [3.8, 4) is 0 Å². The number of aliphatic hydroxyl groups excluding tert-OH is 1. The summed E-state index contributed by atoms with van der Waals surface area (Å²) in [6.45, 7) is 5.42. The maximum Gasteiger partial charge on any atom is 0.200 e. The third-order valence-electron chi connectivity index (χ3n) is 2.30. The fourth-order valence-electron chi connectivity index (χ4n) is 1.34. The molecule has 0 amide bonds. The van der Waals surface area contributed by atoms with Crippen LogP contribution in [0.3, 0.4) is 0 Å². The molecule has 0 aromatic heterocycles. The molecule has 0 bridgehead atoms. The van der Waals surface area contributed by atoms with E-state index in [-0.39, 0.29) is 5.84 Å². The molecule has 1 rings (SSSR count). The van der Waals surface area contributed by atoms with Crippen LogP contribution in [0.2, 0.25) is 0 Å². The number of aryl methyl sites for hydroxylation is 1. The molecule has 0 aliphatic carbocycles. The summed E-state index contributed by atoms with van der Waals surface area (Å²) in [5.74, 6) is 0.159. The van der Waals surface area contributed by atoms with Crippen molar-refractivity contribution in [3.63, 3.8) is 0 Å². The Morgan fingerprint density at radius 1 is 1.44 bits per heavy atom. The Labute approximate surface area is 95.3 Å². The summed E-state index contributed by atoms with van der Waals surface area (Å²) >= 11 is 0. The summed E-state index contributed by atoms with van der Waals surface area (Å²) in [7, 11) is 1.40. The Kier molecular flexibility index (Phi) is 4.66. The molecular weight excluding hydrogens is 204 g/mol. The van der Waals surface area contributed by atoms with Gasteiger partial charge in [-0.15, -0.1) is 0 Å². The number of amidine groups is 1. The molecule has 0 spiro atoms. The average molecular weight is 220 g/mol. The Balaban J connectivity index is 2.90. The van der Waals surface area contributed by atoms with Gasteiger partial charge in [0.25, 0.3) is 0 Å². The maximum atomic E-state index is 9.93. The highest BCUT2D eigenvalue weighted by atomic mass is 16.6. The van der Waals surface area contributed by atoms with Crippen molar-refractivity contribution >= 4 is 12.6 Å². The summed E-state index contributed by atoms with van der Waals surface area (Å²) in [4.78, 5) is 8.20. The highest BCUT2D eigenvalue weighted by Crippen LogP contribution is 2.16. The summed E-state index contributed by atoms with van der Waals surface area (Å²) in [6.07, 6.45) is 0.0677. The molecule has 1 atom stereocenters. The van der Waals surface area contributed by atoms with E-state index < -0.39 is 6.10 Å². The van der Waals surface area contributed by atoms with Gasteiger partial charge in [-0.25, -0.2) is 4.99 Å². The van der Waals surface area contributed by atoms with E-state index in [0.29, 0.717) is 0 Å². The normalized spacial score (nSPS) is 13.3. The van der Waals surface area contributed by atoms with E-state index in [1.54, 1.807) is 0 Å². The zero-order valence-corrected chi connectivity index (χ0v) is 9.55. The molecule has 1 unspecified atom stereocenters. The predicted octanol–water partition coefficient (Wildman–Crippen LogP) is 1.94. The van der Waals surface area contributed by atoms with Crippen LogP contribution in [-0.4, -0.2) is 24.8 Å². The molecule has 1 aromatic carbocycles. The van der Waals surface area contributed by atoms with Gasteiger partial charge in [0.15, 0.2) is 0 Å². The van der Waals surface area contributed by atoms with Crippen molar-refractivity contribution in [2.24, 2.45) is 10.1 Å². The van der Waals surface area contributed by atoms with Crippen LogP contribution in [-0.2, 0) is 11.3 Å². The Hall–Kier alpha value is -1.68. The van der Waals surface area contributed by atoms with Crippen molar-refractivity contribution in [2.45, 2.75) is 19.4 Å². The molecule has 1 aromatic rings. The van der Waals surface area contributed by atoms with Crippen LogP contribution >= 0.6 is 0 Å². The second-order valence-corrected chi connectivity index (χ2v) is 3.29. The minimum atomic E-state index is -0.900. The van der Waals surface area contributed by atoms with E-state index in [1.165, 1.54) is 12.7 Å². The van der Waals surface area contributed by atoms with Crippen molar-refractivity contribution in [2.75, 3.05) is 7.11 Å². The third-order valence-corrected chi connectivity index (χ3v) is 2.30. The molecule has 0 aliphatic rings. The third kappa shape index (κ3) is 2.90. The van der Waals surface area contributed by atoms with E-state index in [1.807, 2.05) is 24.3 Å². The van der Waals surface area contributed by atoms with E-state index in [2.05, 4.69) is 28.6 Å². The lowest BCUT2D eigenvalue weighted by Gasteiger charge is -2.10. The zero-order chi connectivity index (χ0) is 12.0. The van der Waals surface area contributed by atoms with Crippen LogP contribution in [0.15, 0.2) is 34.4 Å². The molecule has 1 N–H and O–H groups in total. The maximum absolute atomic E-state index is 9.93. The van der Waals surface area contributed by atoms with Crippen LogP contribution in [0.5, 0.6) is 0 Å². The molecule has 0 aliphatic heterocycles. The first-order valence-electron chi connectivity index (χ1n) is 5.07. The highest BCUT2D eigenvalue weighted by molar-refractivity contribution is 5.90. The monoisotopic (exact) mass is 220 g/mol. The first kappa shape index (κ1) is 12.4. The van der Waals surface area contributed by atoms with Crippen LogP contribution in [0.25, 0.3) is 0 Å². The molecule has 16 heavy (non-hydrogen) atoms. The lowest BCUT2D eigenvalue weighted by Crippen LogP contribution is -2.10. The van der Waals surface area contributed by atoms with Gasteiger partial charge in [-0.1, -0.05) is 36.3 Å². The molecule has 86 valence electrons. The second kappa shape index (κ2) is 6.02. The number of nitrogens with zero attached hydrogens (tertiary/aromatic N) is 2. The van der Waals surface area contributed by atoms with Gasteiger partial charge in [0.1, 0.15) is 13.2 Å². The van der Waals surface area contributed by atoms with Crippen molar-refractivity contribution in [1.29, 1.82) is 0 Å². The summed E-state index contributed by atoms with van der Waals surface area (Å²) in [6, 6.07) is 7.62. The Morgan fingerprint density at radius 2 is 2.06 bits per heavy atom. The van der Waals surface area contributed by atoms with E-state index in [4.69, 9.17) is 0 Å². The summed E-state index contributed by atoms with van der Waals surface area (Å²) in [5, 5.41) is 13.5. The Morgan fingerprint density at radius 3 is 2.50 bits per heavy atom. The minimum Gasteiger partial charge on any atom is -0.398 e. The van der Waals surface area contributed by atoms with Gasteiger partial charge >= 0.3 is 0 Å². The van der Waals surface area contributed by atoms with Crippen molar-refractivity contribution < 1.29 is 9.94 Å². The summed E-state index contributed by atoms with van der Waals surface area (Å²) < 4.78 is 0. The molecule has 0 saturated carbocycles. The fraction of sp³-hybridized carbons (Fsp3) is 0.333.